The summed E-state index contributed by atoms with van der Waals surface area (Å²) in [7, 11) is -1.07. The van der Waals surface area contributed by atoms with Gasteiger partial charge in [-0.25, -0.2) is 0 Å². The zero-order valence-electron chi connectivity index (χ0n) is 12.0. The van der Waals surface area contributed by atoms with Crippen molar-refractivity contribution in [2.75, 3.05) is 20.8 Å². The lowest BCUT2D eigenvalue weighted by atomic mass is 10.2. The number of methoxy groups -OCH3 is 1. The van der Waals surface area contributed by atoms with E-state index in [2.05, 4.69) is 4.72 Å². The van der Waals surface area contributed by atoms with Crippen molar-refractivity contribution in [2.45, 2.75) is 19.0 Å². The quantitative estimate of drug-likeness (QED) is 0.689. The van der Waals surface area contributed by atoms with E-state index >= 15 is 0 Å². The van der Waals surface area contributed by atoms with Gasteiger partial charge in [0, 0.05) is 27.3 Å². The lowest BCUT2D eigenvalue weighted by Crippen LogP contribution is -2.47. The summed E-state index contributed by atoms with van der Waals surface area (Å²) < 4.78 is 32.3. The van der Waals surface area contributed by atoms with Crippen LogP contribution >= 0.6 is 0 Å². The minimum absolute atomic E-state index is 0.0598. The Morgan fingerprint density at radius 2 is 2.00 bits per heavy atom. The maximum Gasteiger partial charge on any atom is 0.321 e. The highest BCUT2D eigenvalue weighted by Gasteiger charge is 2.26. The molecule has 0 saturated carbocycles. The molecule has 0 saturated heterocycles. The molecule has 7 nitrogen and oxygen atoms in total. The van der Waals surface area contributed by atoms with Crippen molar-refractivity contribution >= 4 is 16.2 Å². The molecule has 0 radical (unpaired) electrons. The number of rotatable bonds is 9. The first-order valence-corrected chi connectivity index (χ1v) is 7.80. The molecule has 1 rings (SSSR count). The first kappa shape index (κ1) is 17.6. The molecule has 1 unspecified atom stereocenters. The molecule has 1 aromatic carbocycles. The van der Waals surface area contributed by atoms with Gasteiger partial charge in [0.1, 0.15) is 6.04 Å². The van der Waals surface area contributed by atoms with Gasteiger partial charge in [-0.2, -0.15) is 17.4 Å². The second-order valence-electron chi connectivity index (χ2n) is 4.54. The number of nitrogens with zero attached hydrogens (tertiary/aromatic N) is 1. The van der Waals surface area contributed by atoms with Crippen molar-refractivity contribution < 1.29 is 23.1 Å². The molecule has 0 bridgehead atoms. The van der Waals surface area contributed by atoms with Gasteiger partial charge < -0.3 is 9.84 Å². The van der Waals surface area contributed by atoms with E-state index < -0.39 is 22.2 Å². The Bertz CT molecular complexity index is 547. The van der Waals surface area contributed by atoms with Crippen LogP contribution in [0.15, 0.2) is 30.3 Å². The molecule has 2 N–H and O–H groups in total. The van der Waals surface area contributed by atoms with Gasteiger partial charge in [0.2, 0.25) is 0 Å². The maximum atomic E-state index is 12.1. The van der Waals surface area contributed by atoms with Gasteiger partial charge in [0.15, 0.2) is 0 Å². The fourth-order valence-electron chi connectivity index (χ4n) is 1.66. The van der Waals surface area contributed by atoms with E-state index in [1.165, 1.54) is 14.2 Å². The van der Waals surface area contributed by atoms with Gasteiger partial charge in [0.05, 0.1) is 0 Å². The van der Waals surface area contributed by atoms with Crippen LogP contribution in [-0.4, -0.2) is 50.6 Å². The fourth-order valence-corrected chi connectivity index (χ4v) is 2.74. The Labute approximate surface area is 124 Å². The summed E-state index contributed by atoms with van der Waals surface area (Å²) in [5, 5.41) is 9.03. The topological polar surface area (TPSA) is 95.9 Å². The van der Waals surface area contributed by atoms with Gasteiger partial charge in [-0.15, -0.1) is 0 Å². The number of carboxylic acids is 1. The van der Waals surface area contributed by atoms with Crippen LogP contribution in [-0.2, 0) is 26.3 Å². The Kier molecular flexibility index (Phi) is 6.76. The maximum absolute atomic E-state index is 12.1. The Morgan fingerprint density at radius 1 is 1.38 bits per heavy atom. The van der Waals surface area contributed by atoms with Crippen LogP contribution in [0.1, 0.15) is 12.0 Å². The molecule has 0 fully saturated rings. The van der Waals surface area contributed by atoms with Crippen molar-refractivity contribution in [1.82, 2.24) is 9.03 Å². The standard InChI is InChI=1S/C13H20N2O5S/c1-15(10-11-6-4-3-5-7-11)21(18,19)14-12(13(16)17)8-9-20-2/h3-7,12,14H,8-10H2,1-2H3,(H,16,17). The first-order chi connectivity index (χ1) is 9.86. The van der Waals surface area contributed by atoms with Crippen LogP contribution in [0.4, 0.5) is 0 Å². The third kappa shape index (κ3) is 5.80. The number of benzene rings is 1. The van der Waals surface area contributed by atoms with Crippen LogP contribution in [0.2, 0.25) is 0 Å². The summed E-state index contributed by atoms with van der Waals surface area (Å²) in [6.45, 7) is 0.314. The van der Waals surface area contributed by atoms with Crippen LogP contribution in [0, 0.1) is 0 Å². The minimum atomic E-state index is -3.89. The molecule has 0 heterocycles. The van der Waals surface area contributed by atoms with E-state index in [0.29, 0.717) is 0 Å². The number of hydrogen-bond donors (Lipinski definition) is 2. The first-order valence-electron chi connectivity index (χ1n) is 6.36. The molecule has 1 atom stereocenters. The van der Waals surface area contributed by atoms with Crippen LogP contribution < -0.4 is 4.72 Å². The van der Waals surface area contributed by atoms with Gasteiger partial charge in [-0.05, 0) is 12.0 Å². The fraction of sp³-hybridized carbons (Fsp3) is 0.462. The minimum Gasteiger partial charge on any atom is -0.480 e. The lowest BCUT2D eigenvalue weighted by Gasteiger charge is -2.21. The lowest BCUT2D eigenvalue weighted by molar-refractivity contribution is -0.139. The highest BCUT2D eigenvalue weighted by molar-refractivity contribution is 7.87. The average Bonchev–Trinajstić information content (AvgIpc) is 2.44. The van der Waals surface area contributed by atoms with Gasteiger partial charge in [0.25, 0.3) is 10.2 Å². The molecular weight excluding hydrogens is 296 g/mol. The SMILES string of the molecule is COCCC(NS(=O)(=O)N(C)Cc1ccccc1)C(=O)O. The molecule has 0 aliphatic rings. The zero-order valence-corrected chi connectivity index (χ0v) is 12.8. The zero-order chi connectivity index (χ0) is 15.9. The molecule has 8 heteroatoms. The van der Waals surface area contributed by atoms with Crippen molar-refractivity contribution in [3.63, 3.8) is 0 Å². The highest BCUT2D eigenvalue weighted by atomic mass is 32.2. The Hall–Kier alpha value is -1.48. The average molecular weight is 316 g/mol. The van der Waals surface area contributed by atoms with Crippen molar-refractivity contribution in [3.05, 3.63) is 35.9 Å². The van der Waals surface area contributed by atoms with Gasteiger partial charge >= 0.3 is 5.97 Å². The van der Waals surface area contributed by atoms with Crippen molar-refractivity contribution in [3.8, 4) is 0 Å². The molecule has 0 aromatic heterocycles. The summed E-state index contributed by atoms with van der Waals surface area (Å²) >= 11 is 0. The van der Waals surface area contributed by atoms with Crippen molar-refractivity contribution in [1.29, 1.82) is 0 Å². The molecular formula is C13H20N2O5S. The largest absolute Gasteiger partial charge is 0.480 e. The van der Waals surface area contributed by atoms with Crippen LogP contribution in [0.5, 0.6) is 0 Å². The molecule has 0 amide bonds. The van der Waals surface area contributed by atoms with E-state index in [9.17, 15) is 13.2 Å². The Morgan fingerprint density at radius 3 is 2.52 bits per heavy atom. The second-order valence-corrected chi connectivity index (χ2v) is 6.35. The molecule has 0 aliphatic heterocycles. The molecule has 0 aliphatic carbocycles. The number of ether oxygens (including phenoxy) is 1. The van der Waals surface area contributed by atoms with Gasteiger partial charge in [-0.1, -0.05) is 30.3 Å². The third-order valence-corrected chi connectivity index (χ3v) is 4.39. The van der Waals surface area contributed by atoms with Crippen LogP contribution in [0.3, 0.4) is 0 Å². The summed E-state index contributed by atoms with van der Waals surface area (Å²) in [4.78, 5) is 11.1. The van der Waals surface area contributed by atoms with Crippen LogP contribution in [0.25, 0.3) is 0 Å². The number of hydrogen-bond acceptors (Lipinski definition) is 4. The molecule has 1 aromatic rings. The molecule has 0 spiro atoms. The monoisotopic (exact) mass is 316 g/mol. The normalized spacial score (nSPS) is 13.3. The van der Waals surface area contributed by atoms with E-state index in [1.807, 2.05) is 18.2 Å². The van der Waals surface area contributed by atoms with Crippen molar-refractivity contribution in [2.24, 2.45) is 0 Å². The number of carboxylic acid groups (broad SMARTS) is 1. The number of carbonyl (C=O) groups is 1. The summed E-state index contributed by atoms with van der Waals surface area (Å²) in [6, 6.07) is 7.83. The third-order valence-electron chi connectivity index (χ3n) is 2.86. The smallest absolute Gasteiger partial charge is 0.321 e. The predicted octanol–water partition coefficient (Wildman–Crippen LogP) is 0.443. The predicted molar refractivity (Wildman–Crippen MR) is 77.9 cm³/mol. The van der Waals surface area contributed by atoms with E-state index in [-0.39, 0.29) is 19.6 Å². The number of nitrogens with one attached hydrogen (secondary N) is 1. The van der Waals surface area contributed by atoms with E-state index in [0.717, 1.165) is 9.87 Å². The second kappa shape index (κ2) is 8.08. The van der Waals surface area contributed by atoms with E-state index in [1.54, 1.807) is 12.1 Å². The number of aliphatic carboxylic acids is 1. The highest BCUT2D eigenvalue weighted by Crippen LogP contribution is 2.07. The molecule has 21 heavy (non-hydrogen) atoms. The summed E-state index contributed by atoms with van der Waals surface area (Å²) in [6.07, 6.45) is 0.0598. The summed E-state index contributed by atoms with van der Waals surface area (Å²) in [5.74, 6) is -1.23. The Balaban J connectivity index is 2.72. The van der Waals surface area contributed by atoms with E-state index in [4.69, 9.17) is 9.84 Å². The summed E-state index contributed by atoms with van der Waals surface area (Å²) in [5.41, 5.74) is 0.814. The van der Waals surface area contributed by atoms with Gasteiger partial charge in [-0.3, -0.25) is 4.79 Å². The molecule has 118 valence electrons.